The summed E-state index contributed by atoms with van der Waals surface area (Å²) in [6.45, 7) is 5.77. The highest BCUT2D eigenvalue weighted by Crippen LogP contribution is 2.62. The average Bonchev–Trinajstić information content (AvgIpc) is 2.87. The number of hydrogen-bond donors (Lipinski definition) is 0. The van der Waals surface area contributed by atoms with Gasteiger partial charge >= 0.3 is 5.97 Å². The summed E-state index contributed by atoms with van der Waals surface area (Å²) in [6, 6.07) is 0. The lowest BCUT2D eigenvalue weighted by molar-refractivity contribution is -0.164. The molecule has 0 aromatic heterocycles. The molecule has 5 nitrogen and oxygen atoms in total. The van der Waals surface area contributed by atoms with Crippen molar-refractivity contribution in [3.05, 3.63) is 0 Å². The van der Waals surface area contributed by atoms with E-state index in [1.165, 1.54) is 0 Å². The summed E-state index contributed by atoms with van der Waals surface area (Å²) in [7, 11) is -3.46. The lowest BCUT2D eigenvalue weighted by Crippen LogP contribution is -2.43. The standard InChI is InChI=1S/C13H20O5S/c1-4-7(2)12(14)17-11-10-8-5-13(11,3)6-9(8)19(15,16)18-10/h7-11H,4-6H2,1-3H3. The molecule has 0 spiro atoms. The highest BCUT2D eigenvalue weighted by atomic mass is 32.2. The Labute approximate surface area is 113 Å². The predicted octanol–water partition coefficient (Wildman–Crippen LogP) is 1.47. The molecule has 3 aliphatic rings. The van der Waals surface area contributed by atoms with Crippen molar-refractivity contribution >= 4 is 16.1 Å². The zero-order chi connectivity index (χ0) is 14.0. The van der Waals surface area contributed by atoms with Gasteiger partial charge in [0.15, 0.2) is 0 Å². The first-order valence-electron chi connectivity index (χ1n) is 6.91. The van der Waals surface area contributed by atoms with Gasteiger partial charge in [-0.1, -0.05) is 20.8 Å². The second kappa shape index (κ2) is 3.95. The van der Waals surface area contributed by atoms with Crippen LogP contribution in [0.5, 0.6) is 0 Å². The Bertz CT molecular complexity index is 513. The molecule has 1 heterocycles. The lowest BCUT2D eigenvalue weighted by Gasteiger charge is -2.33. The minimum absolute atomic E-state index is 0.00438. The molecule has 2 bridgehead atoms. The van der Waals surface area contributed by atoms with E-state index in [1.54, 1.807) is 0 Å². The molecule has 1 aliphatic heterocycles. The van der Waals surface area contributed by atoms with Crippen molar-refractivity contribution in [2.75, 3.05) is 0 Å². The highest BCUT2D eigenvalue weighted by Gasteiger charge is 2.70. The monoisotopic (exact) mass is 288 g/mol. The molecule has 108 valence electrons. The maximum Gasteiger partial charge on any atom is 0.309 e. The van der Waals surface area contributed by atoms with Crippen molar-refractivity contribution in [2.24, 2.45) is 17.3 Å². The van der Waals surface area contributed by atoms with Crippen molar-refractivity contribution in [3.8, 4) is 0 Å². The Morgan fingerprint density at radius 1 is 1.47 bits per heavy atom. The lowest BCUT2D eigenvalue weighted by atomic mass is 9.82. The zero-order valence-corrected chi connectivity index (χ0v) is 12.3. The largest absolute Gasteiger partial charge is 0.459 e. The molecule has 6 atom stereocenters. The smallest absolute Gasteiger partial charge is 0.309 e. The SMILES string of the molecule is CCC(C)C(=O)OC1C2OS(=O)(=O)C3CC1(C)CC23. The van der Waals surface area contributed by atoms with Gasteiger partial charge in [0, 0.05) is 11.3 Å². The molecular weight excluding hydrogens is 268 g/mol. The molecule has 0 radical (unpaired) electrons. The molecule has 0 N–H and O–H groups in total. The summed E-state index contributed by atoms with van der Waals surface area (Å²) < 4.78 is 34.6. The summed E-state index contributed by atoms with van der Waals surface area (Å²) in [5, 5.41) is -0.388. The third kappa shape index (κ3) is 1.76. The third-order valence-electron chi connectivity index (χ3n) is 5.13. The van der Waals surface area contributed by atoms with Crippen LogP contribution in [0, 0.1) is 17.3 Å². The van der Waals surface area contributed by atoms with E-state index >= 15 is 0 Å². The minimum Gasteiger partial charge on any atom is -0.459 e. The number of esters is 1. The van der Waals surface area contributed by atoms with Crippen LogP contribution in [0.3, 0.4) is 0 Å². The molecule has 2 saturated carbocycles. The van der Waals surface area contributed by atoms with Gasteiger partial charge in [-0.05, 0) is 19.3 Å². The number of hydrogen-bond acceptors (Lipinski definition) is 5. The van der Waals surface area contributed by atoms with E-state index < -0.39 is 22.3 Å². The molecule has 19 heavy (non-hydrogen) atoms. The van der Waals surface area contributed by atoms with E-state index in [1.807, 2.05) is 20.8 Å². The van der Waals surface area contributed by atoms with Crippen LogP contribution >= 0.6 is 0 Å². The number of rotatable bonds is 3. The van der Waals surface area contributed by atoms with Crippen molar-refractivity contribution in [3.63, 3.8) is 0 Å². The second-order valence-electron chi connectivity index (χ2n) is 6.49. The van der Waals surface area contributed by atoms with Crippen LogP contribution < -0.4 is 0 Å². The summed E-state index contributed by atoms with van der Waals surface area (Å²) in [4.78, 5) is 12.0. The molecule has 3 fully saturated rings. The van der Waals surface area contributed by atoms with E-state index in [0.717, 1.165) is 12.8 Å². The predicted molar refractivity (Wildman–Crippen MR) is 67.7 cm³/mol. The van der Waals surface area contributed by atoms with Gasteiger partial charge in [0.05, 0.1) is 11.2 Å². The molecule has 0 aromatic carbocycles. The van der Waals surface area contributed by atoms with Gasteiger partial charge in [0.1, 0.15) is 12.2 Å². The van der Waals surface area contributed by atoms with E-state index in [2.05, 4.69) is 0 Å². The maximum atomic E-state index is 12.0. The first-order chi connectivity index (χ1) is 8.78. The van der Waals surface area contributed by atoms with Crippen LogP contribution in [-0.4, -0.2) is 31.8 Å². The summed E-state index contributed by atoms with van der Waals surface area (Å²) in [5.74, 6) is -0.396. The second-order valence-corrected chi connectivity index (χ2v) is 8.27. The maximum absolute atomic E-state index is 12.0. The van der Waals surface area contributed by atoms with Gasteiger partial charge in [-0.25, -0.2) is 0 Å². The molecule has 1 saturated heterocycles. The highest BCUT2D eigenvalue weighted by molar-refractivity contribution is 7.87. The Morgan fingerprint density at radius 3 is 2.79 bits per heavy atom. The first-order valence-corrected chi connectivity index (χ1v) is 8.38. The number of carbonyl (C=O) groups is 1. The Morgan fingerprint density at radius 2 is 2.16 bits per heavy atom. The minimum atomic E-state index is -3.46. The van der Waals surface area contributed by atoms with Gasteiger partial charge in [-0.2, -0.15) is 8.42 Å². The van der Waals surface area contributed by atoms with Crippen LogP contribution in [0.25, 0.3) is 0 Å². The van der Waals surface area contributed by atoms with Crippen molar-refractivity contribution in [1.82, 2.24) is 0 Å². The van der Waals surface area contributed by atoms with Gasteiger partial charge < -0.3 is 4.74 Å². The van der Waals surface area contributed by atoms with E-state index in [9.17, 15) is 13.2 Å². The van der Waals surface area contributed by atoms with Gasteiger partial charge in [-0.15, -0.1) is 0 Å². The molecular formula is C13H20O5S. The zero-order valence-electron chi connectivity index (χ0n) is 11.5. The Hall–Kier alpha value is -0.620. The van der Waals surface area contributed by atoms with Crippen LogP contribution in [0.4, 0.5) is 0 Å². The van der Waals surface area contributed by atoms with E-state index in [0.29, 0.717) is 6.42 Å². The summed E-state index contributed by atoms with van der Waals surface area (Å²) in [6.07, 6.45) is 1.18. The molecule has 0 amide bonds. The van der Waals surface area contributed by atoms with E-state index in [-0.39, 0.29) is 28.5 Å². The van der Waals surface area contributed by atoms with Gasteiger partial charge in [0.25, 0.3) is 10.1 Å². The van der Waals surface area contributed by atoms with Gasteiger partial charge in [0.2, 0.25) is 0 Å². The number of fused-ring (bicyclic) bond motifs is 1. The quantitative estimate of drug-likeness (QED) is 0.581. The number of carbonyl (C=O) groups excluding carboxylic acids is 1. The first kappa shape index (κ1) is 13.4. The Balaban J connectivity index is 1.84. The molecule has 3 rings (SSSR count). The van der Waals surface area contributed by atoms with Crippen LogP contribution in [-0.2, 0) is 23.8 Å². The summed E-state index contributed by atoms with van der Waals surface area (Å²) in [5.41, 5.74) is -0.243. The average molecular weight is 288 g/mol. The third-order valence-corrected chi connectivity index (χ3v) is 6.88. The van der Waals surface area contributed by atoms with Crippen LogP contribution in [0.2, 0.25) is 0 Å². The summed E-state index contributed by atoms with van der Waals surface area (Å²) >= 11 is 0. The van der Waals surface area contributed by atoms with E-state index in [4.69, 9.17) is 8.92 Å². The van der Waals surface area contributed by atoms with Crippen LogP contribution in [0.15, 0.2) is 0 Å². The molecule has 6 unspecified atom stereocenters. The molecule has 0 aromatic rings. The van der Waals surface area contributed by atoms with Crippen LogP contribution in [0.1, 0.15) is 40.0 Å². The van der Waals surface area contributed by atoms with Crippen molar-refractivity contribution in [2.45, 2.75) is 57.5 Å². The number of ether oxygens (including phenoxy) is 1. The molecule has 6 heteroatoms. The van der Waals surface area contributed by atoms with Crippen molar-refractivity contribution in [1.29, 1.82) is 0 Å². The fourth-order valence-corrected chi connectivity index (χ4v) is 5.79. The van der Waals surface area contributed by atoms with Crippen molar-refractivity contribution < 1.29 is 22.1 Å². The van der Waals surface area contributed by atoms with Gasteiger partial charge in [-0.3, -0.25) is 8.98 Å². The molecule has 2 aliphatic carbocycles. The normalized spacial score (nSPS) is 47.3. The topological polar surface area (TPSA) is 69.7 Å². The fraction of sp³-hybridized carbons (Fsp3) is 0.923. The Kier molecular flexibility index (Phi) is 2.78. The fourth-order valence-electron chi connectivity index (χ4n) is 3.83.